The number of thiophene rings is 1. The molecular formula is C21H18N2O3S. The molecule has 2 aromatic carbocycles. The number of nitrogens with two attached hydrogens (primary N) is 1. The van der Waals surface area contributed by atoms with E-state index in [0.29, 0.717) is 17.0 Å². The molecule has 4 rings (SSSR count). The van der Waals surface area contributed by atoms with Gasteiger partial charge in [-0.1, -0.05) is 48.5 Å². The van der Waals surface area contributed by atoms with Crippen LogP contribution in [0.4, 0.5) is 5.00 Å². The summed E-state index contributed by atoms with van der Waals surface area (Å²) in [6.45, 7) is 1.91. The molecule has 0 spiro atoms. The number of hydrogen-bond acceptors (Lipinski definition) is 4. The molecule has 2 amide bonds. The van der Waals surface area contributed by atoms with Crippen molar-refractivity contribution < 1.29 is 14.3 Å². The van der Waals surface area contributed by atoms with E-state index in [4.69, 9.17) is 10.5 Å². The van der Waals surface area contributed by atoms with E-state index in [1.165, 1.54) is 11.3 Å². The third-order valence-electron chi connectivity index (χ3n) is 4.57. The van der Waals surface area contributed by atoms with Crippen molar-refractivity contribution in [1.82, 2.24) is 0 Å². The molecule has 1 unspecified atom stereocenters. The number of benzene rings is 2. The van der Waals surface area contributed by atoms with Crippen LogP contribution >= 0.6 is 11.3 Å². The topological polar surface area (TPSA) is 81.4 Å². The predicted octanol–water partition coefficient (Wildman–Crippen LogP) is 3.76. The molecule has 1 aromatic heterocycles. The molecule has 0 aliphatic carbocycles. The Morgan fingerprint density at radius 1 is 1.11 bits per heavy atom. The van der Waals surface area contributed by atoms with Crippen LogP contribution in [0.3, 0.4) is 0 Å². The van der Waals surface area contributed by atoms with Crippen LogP contribution in [0, 0.1) is 6.92 Å². The predicted molar refractivity (Wildman–Crippen MR) is 106 cm³/mol. The fraction of sp³-hybridized carbons (Fsp3) is 0.143. The summed E-state index contributed by atoms with van der Waals surface area (Å²) in [6, 6.07) is 17.1. The third kappa shape index (κ3) is 3.19. The van der Waals surface area contributed by atoms with Gasteiger partial charge < -0.3 is 15.8 Å². The maximum Gasteiger partial charge on any atom is 0.266 e. The number of anilines is 1. The molecule has 2 heterocycles. The smallest absolute Gasteiger partial charge is 0.266 e. The second-order valence-corrected chi connectivity index (χ2v) is 7.60. The number of aryl methyl sites for hydroxylation is 1. The summed E-state index contributed by atoms with van der Waals surface area (Å²) in [6.07, 6.45) is -0.116. The summed E-state index contributed by atoms with van der Waals surface area (Å²) < 4.78 is 5.74. The van der Waals surface area contributed by atoms with Crippen LogP contribution in [0.2, 0.25) is 0 Å². The Kier molecular flexibility index (Phi) is 4.41. The summed E-state index contributed by atoms with van der Waals surface area (Å²) >= 11 is 1.35. The second-order valence-electron chi connectivity index (χ2n) is 6.38. The third-order valence-corrected chi connectivity index (χ3v) is 5.59. The molecule has 0 saturated carbocycles. The number of carbonyl (C=O) groups is 2. The van der Waals surface area contributed by atoms with E-state index in [2.05, 4.69) is 5.32 Å². The summed E-state index contributed by atoms with van der Waals surface area (Å²) in [5.74, 6) is -0.126. The minimum Gasteiger partial charge on any atom is -0.480 e. The zero-order chi connectivity index (χ0) is 19.0. The van der Waals surface area contributed by atoms with Gasteiger partial charge in [-0.15, -0.1) is 11.3 Å². The lowest BCUT2D eigenvalue weighted by atomic mass is 10.0. The van der Waals surface area contributed by atoms with E-state index < -0.39 is 12.0 Å². The van der Waals surface area contributed by atoms with Crippen molar-refractivity contribution >= 4 is 28.2 Å². The van der Waals surface area contributed by atoms with E-state index in [-0.39, 0.29) is 5.91 Å². The summed E-state index contributed by atoms with van der Waals surface area (Å²) in [4.78, 5) is 25.8. The highest BCUT2D eigenvalue weighted by Gasteiger charge is 2.31. The van der Waals surface area contributed by atoms with Gasteiger partial charge in [0.25, 0.3) is 11.8 Å². The molecule has 3 N–H and O–H groups in total. The molecule has 27 heavy (non-hydrogen) atoms. The van der Waals surface area contributed by atoms with Crippen LogP contribution in [-0.2, 0) is 11.2 Å². The molecule has 1 aliphatic heterocycles. The molecule has 0 fully saturated rings. The maximum atomic E-state index is 12.7. The van der Waals surface area contributed by atoms with Crippen LogP contribution in [0.15, 0.2) is 54.6 Å². The molecule has 6 heteroatoms. The Labute approximate surface area is 160 Å². The number of carbonyl (C=O) groups excluding carboxylic acids is 2. The van der Waals surface area contributed by atoms with Crippen LogP contribution in [0.25, 0.3) is 11.1 Å². The number of para-hydroxylation sites is 1. The highest BCUT2D eigenvalue weighted by atomic mass is 32.1. The first-order valence-electron chi connectivity index (χ1n) is 8.58. The van der Waals surface area contributed by atoms with Crippen molar-refractivity contribution in [1.29, 1.82) is 0 Å². The monoisotopic (exact) mass is 378 g/mol. The van der Waals surface area contributed by atoms with Crippen molar-refractivity contribution in [2.24, 2.45) is 5.73 Å². The first-order valence-corrected chi connectivity index (χ1v) is 9.40. The standard InChI is InChI=1S/C21H18N2O3S/c1-12-17(13-7-3-2-4-8-13)18(19(22)24)21(27-12)23-20(25)16-11-14-9-5-6-10-15(14)26-16/h2-10,16H,11H2,1H3,(H2,22,24)(H,23,25). The van der Waals surface area contributed by atoms with Crippen LogP contribution in [0.5, 0.6) is 5.75 Å². The molecule has 0 radical (unpaired) electrons. The Bertz CT molecular complexity index is 1000. The second kappa shape index (κ2) is 6.89. The van der Waals surface area contributed by atoms with Gasteiger partial charge in [-0.25, -0.2) is 0 Å². The Morgan fingerprint density at radius 2 is 1.81 bits per heavy atom. The van der Waals surface area contributed by atoms with Crippen LogP contribution < -0.4 is 15.8 Å². The highest BCUT2D eigenvalue weighted by molar-refractivity contribution is 7.17. The number of nitrogens with one attached hydrogen (secondary N) is 1. The number of hydrogen-bond donors (Lipinski definition) is 2. The van der Waals surface area contributed by atoms with Crippen molar-refractivity contribution in [3.05, 3.63) is 70.6 Å². The number of fused-ring (bicyclic) bond motifs is 1. The number of primary amides is 1. The lowest BCUT2D eigenvalue weighted by molar-refractivity contribution is -0.122. The van der Waals surface area contributed by atoms with Crippen molar-refractivity contribution in [3.8, 4) is 16.9 Å². The molecule has 0 bridgehead atoms. The quantitative estimate of drug-likeness (QED) is 0.725. The van der Waals surface area contributed by atoms with Gasteiger partial charge in [-0.3, -0.25) is 9.59 Å². The minimum atomic E-state index is -0.620. The fourth-order valence-electron chi connectivity index (χ4n) is 3.34. The molecule has 1 atom stereocenters. The highest BCUT2D eigenvalue weighted by Crippen LogP contribution is 2.40. The Morgan fingerprint density at radius 3 is 2.52 bits per heavy atom. The summed E-state index contributed by atoms with van der Waals surface area (Å²) in [5.41, 5.74) is 8.65. The first-order chi connectivity index (χ1) is 13.0. The molecule has 136 valence electrons. The normalized spacial score (nSPS) is 15.1. The van der Waals surface area contributed by atoms with Gasteiger partial charge in [-0.05, 0) is 24.1 Å². The molecule has 1 aliphatic rings. The van der Waals surface area contributed by atoms with Gasteiger partial charge in [0.1, 0.15) is 10.8 Å². The van der Waals surface area contributed by atoms with Gasteiger partial charge in [0.05, 0.1) is 5.56 Å². The van der Waals surface area contributed by atoms with Gasteiger partial charge in [0.15, 0.2) is 6.10 Å². The number of ether oxygens (including phenoxy) is 1. The zero-order valence-electron chi connectivity index (χ0n) is 14.7. The maximum absolute atomic E-state index is 12.7. The van der Waals surface area contributed by atoms with Crippen molar-refractivity contribution in [3.63, 3.8) is 0 Å². The van der Waals surface area contributed by atoms with E-state index in [0.717, 1.165) is 27.3 Å². The zero-order valence-corrected chi connectivity index (χ0v) is 15.5. The first kappa shape index (κ1) is 17.3. The van der Waals surface area contributed by atoms with E-state index in [1.54, 1.807) is 0 Å². The van der Waals surface area contributed by atoms with Crippen molar-refractivity contribution in [2.45, 2.75) is 19.4 Å². The lowest BCUT2D eigenvalue weighted by Crippen LogP contribution is -2.31. The molecule has 3 aromatic rings. The largest absolute Gasteiger partial charge is 0.480 e. The molecule has 0 saturated heterocycles. The Hall–Kier alpha value is -3.12. The van der Waals surface area contributed by atoms with Crippen LogP contribution in [-0.4, -0.2) is 17.9 Å². The van der Waals surface area contributed by atoms with E-state index in [1.807, 2.05) is 61.5 Å². The van der Waals surface area contributed by atoms with E-state index in [9.17, 15) is 9.59 Å². The fourth-order valence-corrected chi connectivity index (χ4v) is 4.43. The van der Waals surface area contributed by atoms with Crippen LogP contribution in [0.1, 0.15) is 20.8 Å². The van der Waals surface area contributed by atoms with Gasteiger partial charge in [0.2, 0.25) is 0 Å². The molecule has 5 nitrogen and oxygen atoms in total. The number of rotatable bonds is 4. The van der Waals surface area contributed by atoms with Gasteiger partial charge >= 0.3 is 0 Å². The number of amides is 2. The average Bonchev–Trinajstić information content (AvgIpc) is 3.23. The molecular weight excluding hydrogens is 360 g/mol. The summed E-state index contributed by atoms with van der Waals surface area (Å²) in [7, 11) is 0. The van der Waals surface area contributed by atoms with Crippen molar-refractivity contribution in [2.75, 3.05) is 5.32 Å². The van der Waals surface area contributed by atoms with Gasteiger partial charge in [-0.2, -0.15) is 0 Å². The Balaban J connectivity index is 1.63. The SMILES string of the molecule is Cc1sc(NC(=O)C2Cc3ccccc3O2)c(C(N)=O)c1-c1ccccc1. The van der Waals surface area contributed by atoms with E-state index >= 15 is 0 Å². The van der Waals surface area contributed by atoms with Gasteiger partial charge in [0, 0.05) is 16.9 Å². The summed E-state index contributed by atoms with van der Waals surface area (Å²) in [5, 5.41) is 3.31. The average molecular weight is 378 g/mol. The lowest BCUT2D eigenvalue weighted by Gasteiger charge is -2.11. The minimum absolute atomic E-state index is 0.283.